The Hall–Kier alpha value is -1.22. The Bertz CT molecular complexity index is 414. The van der Waals surface area contributed by atoms with Crippen LogP contribution in [0.25, 0.3) is 0 Å². The summed E-state index contributed by atoms with van der Waals surface area (Å²) in [4.78, 5) is 11.0. The molecular formula is C14H19ClO3. The fraction of sp³-hybridized carbons (Fsp3) is 0.500. The molecule has 0 radical (unpaired) electrons. The fourth-order valence-electron chi connectivity index (χ4n) is 1.54. The first kappa shape index (κ1) is 14.8. The number of hydrogen-bond donors (Lipinski definition) is 0. The van der Waals surface area contributed by atoms with Crippen LogP contribution >= 0.6 is 11.6 Å². The summed E-state index contributed by atoms with van der Waals surface area (Å²) in [7, 11) is 0. The van der Waals surface area contributed by atoms with Gasteiger partial charge >= 0.3 is 0 Å². The molecule has 100 valence electrons. The van der Waals surface area contributed by atoms with Gasteiger partial charge in [0.15, 0.2) is 0 Å². The van der Waals surface area contributed by atoms with Crippen LogP contribution in [0.3, 0.4) is 0 Å². The second kappa shape index (κ2) is 6.64. The smallest absolute Gasteiger partial charge is 0.226 e. The molecule has 0 amide bonds. The van der Waals surface area contributed by atoms with Crippen LogP contribution in [0.2, 0.25) is 0 Å². The normalized spacial score (nSPS) is 10.8. The molecule has 0 atom stereocenters. The van der Waals surface area contributed by atoms with E-state index in [0.29, 0.717) is 5.75 Å². The lowest BCUT2D eigenvalue weighted by Crippen LogP contribution is -2.10. The first-order valence-electron chi connectivity index (χ1n) is 6.03. The van der Waals surface area contributed by atoms with E-state index in [1.807, 2.05) is 39.8 Å². The van der Waals surface area contributed by atoms with Crippen molar-refractivity contribution in [3.8, 4) is 11.5 Å². The molecule has 0 heterocycles. The van der Waals surface area contributed by atoms with Crippen molar-refractivity contribution in [1.82, 2.24) is 0 Å². The van der Waals surface area contributed by atoms with E-state index in [1.165, 1.54) is 0 Å². The van der Waals surface area contributed by atoms with Gasteiger partial charge in [0, 0.05) is 11.6 Å². The molecule has 0 saturated heterocycles. The number of ether oxygens (including phenoxy) is 2. The molecule has 3 nitrogen and oxygen atoms in total. The summed E-state index contributed by atoms with van der Waals surface area (Å²) < 4.78 is 11.3. The summed E-state index contributed by atoms with van der Waals surface area (Å²) >= 11 is 5.42. The van der Waals surface area contributed by atoms with Crippen molar-refractivity contribution in [2.24, 2.45) is 0 Å². The van der Waals surface area contributed by atoms with Gasteiger partial charge in [-0.05, 0) is 45.4 Å². The van der Waals surface area contributed by atoms with Gasteiger partial charge in [-0.25, -0.2) is 0 Å². The van der Waals surface area contributed by atoms with Gasteiger partial charge in [0.05, 0.1) is 18.6 Å². The van der Waals surface area contributed by atoms with Gasteiger partial charge in [-0.1, -0.05) is 6.07 Å². The highest BCUT2D eigenvalue weighted by Crippen LogP contribution is 2.27. The highest BCUT2D eigenvalue weighted by atomic mass is 35.5. The van der Waals surface area contributed by atoms with Gasteiger partial charge in [0.25, 0.3) is 0 Å². The molecule has 0 saturated carbocycles. The Morgan fingerprint density at radius 2 is 1.78 bits per heavy atom. The Kier molecular flexibility index (Phi) is 5.48. The summed E-state index contributed by atoms with van der Waals surface area (Å²) in [5.41, 5.74) is 0.778. The van der Waals surface area contributed by atoms with E-state index in [9.17, 15) is 4.79 Å². The Morgan fingerprint density at radius 1 is 1.17 bits per heavy atom. The van der Waals surface area contributed by atoms with Gasteiger partial charge in [-0.2, -0.15) is 0 Å². The number of carbonyl (C=O) groups excluding carboxylic acids is 1. The zero-order valence-corrected chi connectivity index (χ0v) is 12.0. The van der Waals surface area contributed by atoms with Gasteiger partial charge in [0.1, 0.15) is 11.5 Å². The van der Waals surface area contributed by atoms with Crippen LogP contribution in [0.15, 0.2) is 18.2 Å². The summed E-state index contributed by atoms with van der Waals surface area (Å²) in [5.74, 6) is 1.38. The largest absolute Gasteiger partial charge is 0.491 e. The lowest BCUT2D eigenvalue weighted by atomic mass is 10.1. The second-order valence-electron chi connectivity index (χ2n) is 4.63. The second-order valence-corrected chi connectivity index (χ2v) is 5.06. The third-order valence-corrected chi connectivity index (χ3v) is 2.24. The van der Waals surface area contributed by atoms with Crippen LogP contribution in [0.1, 0.15) is 33.3 Å². The van der Waals surface area contributed by atoms with Crippen molar-refractivity contribution >= 4 is 16.8 Å². The maximum absolute atomic E-state index is 11.0. The highest BCUT2D eigenvalue weighted by molar-refractivity contribution is 6.63. The zero-order valence-electron chi connectivity index (χ0n) is 11.2. The van der Waals surface area contributed by atoms with Crippen molar-refractivity contribution in [2.75, 3.05) is 0 Å². The van der Waals surface area contributed by atoms with E-state index >= 15 is 0 Å². The topological polar surface area (TPSA) is 35.5 Å². The van der Waals surface area contributed by atoms with Gasteiger partial charge in [-0.15, -0.1) is 0 Å². The lowest BCUT2D eigenvalue weighted by molar-refractivity contribution is -0.111. The van der Waals surface area contributed by atoms with Crippen molar-refractivity contribution in [2.45, 2.75) is 46.3 Å². The average molecular weight is 271 g/mol. The minimum Gasteiger partial charge on any atom is -0.491 e. The monoisotopic (exact) mass is 270 g/mol. The molecule has 0 spiro atoms. The van der Waals surface area contributed by atoms with E-state index < -0.39 is 5.24 Å². The number of carbonyl (C=O) groups is 1. The lowest BCUT2D eigenvalue weighted by Gasteiger charge is -2.16. The summed E-state index contributed by atoms with van der Waals surface area (Å²) in [6.45, 7) is 7.78. The van der Waals surface area contributed by atoms with Crippen molar-refractivity contribution in [3.63, 3.8) is 0 Å². The summed E-state index contributed by atoms with van der Waals surface area (Å²) in [6.07, 6.45) is 0.284. The van der Waals surface area contributed by atoms with Crippen LogP contribution in [-0.2, 0) is 11.2 Å². The van der Waals surface area contributed by atoms with Crippen molar-refractivity contribution in [1.29, 1.82) is 0 Å². The fourth-order valence-corrected chi connectivity index (χ4v) is 1.68. The van der Waals surface area contributed by atoms with E-state index in [2.05, 4.69) is 0 Å². The maximum Gasteiger partial charge on any atom is 0.226 e. The molecule has 0 aliphatic rings. The molecule has 0 aliphatic carbocycles. The standard InChI is InChI=1S/C14H19ClO3/c1-9(2)17-12-6-5-11(7-14(15)16)13(8-12)18-10(3)4/h5-6,8-10H,7H2,1-4H3. The minimum absolute atomic E-state index is 0.0310. The zero-order chi connectivity index (χ0) is 13.7. The number of hydrogen-bond acceptors (Lipinski definition) is 3. The van der Waals surface area contributed by atoms with Crippen LogP contribution in [0.5, 0.6) is 11.5 Å². The molecule has 0 aliphatic heterocycles. The van der Waals surface area contributed by atoms with Gasteiger partial charge in [-0.3, -0.25) is 4.79 Å². The van der Waals surface area contributed by atoms with Crippen LogP contribution in [0.4, 0.5) is 0 Å². The van der Waals surface area contributed by atoms with E-state index in [0.717, 1.165) is 11.3 Å². The number of benzene rings is 1. The number of halogens is 1. The van der Waals surface area contributed by atoms with E-state index in [1.54, 1.807) is 6.07 Å². The summed E-state index contributed by atoms with van der Waals surface area (Å²) in [5, 5.41) is -0.402. The molecule has 1 rings (SSSR count). The molecule has 0 fully saturated rings. The van der Waals surface area contributed by atoms with E-state index in [-0.39, 0.29) is 18.6 Å². The Balaban J connectivity index is 2.99. The van der Waals surface area contributed by atoms with Crippen molar-refractivity contribution < 1.29 is 14.3 Å². The summed E-state index contributed by atoms with van der Waals surface area (Å²) in [6, 6.07) is 5.44. The van der Waals surface area contributed by atoms with E-state index in [4.69, 9.17) is 21.1 Å². The molecule has 18 heavy (non-hydrogen) atoms. The molecule has 0 unspecified atom stereocenters. The first-order chi connectivity index (χ1) is 8.38. The van der Waals surface area contributed by atoms with Crippen molar-refractivity contribution in [3.05, 3.63) is 23.8 Å². The first-order valence-corrected chi connectivity index (χ1v) is 6.41. The third-order valence-electron chi connectivity index (χ3n) is 2.10. The molecule has 1 aromatic carbocycles. The number of rotatable bonds is 6. The highest BCUT2D eigenvalue weighted by Gasteiger charge is 2.11. The molecule has 1 aromatic rings. The molecule has 0 bridgehead atoms. The quantitative estimate of drug-likeness (QED) is 0.742. The molecule has 0 N–H and O–H groups in total. The minimum atomic E-state index is -0.402. The van der Waals surface area contributed by atoms with Crippen LogP contribution < -0.4 is 9.47 Å². The molecular weight excluding hydrogens is 252 g/mol. The molecule has 4 heteroatoms. The SMILES string of the molecule is CC(C)Oc1ccc(CC(=O)Cl)c(OC(C)C)c1. The Labute approximate surface area is 113 Å². The maximum atomic E-state index is 11.0. The predicted molar refractivity (Wildman–Crippen MR) is 72.5 cm³/mol. The molecule has 0 aromatic heterocycles. The average Bonchev–Trinajstić information content (AvgIpc) is 2.19. The predicted octanol–water partition coefficient (Wildman–Crippen LogP) is 3.57. The van der Waals surface area contributed by atoms with Gasteiger partial charge in [0.2, 0.25) is 5.24 Å². The van der Waals surface area contributed by atoms with Crippen LogP contribution in [-0.4, -0.2) is 17.5 Å². The van der Waals surface area contributed by atoms with Crippen LogP contribution in [0, 0.1) is 0 Å². The third kappa shape index (κ3) is 4.96. The van der Waals surface area contributed by atoms with Gasteiger partial charge < -0.3 is 9.47 Å². The Morgan fingerprint density at radius 3 is 2.28 bits per heavy atom.